The predicted octanol–water partition coefficient (Wildman–Crippen LogP) is -0.810. The van der Waals surface area contributed by atoms with Crippen molar-refractivity contribution in [1.29, 1.82) is 0 Å². The number of fused-ring (bicyclic) bond motifs is 1. The van der Waals surface area contributed by atoms with Gasteiger partial charge in [-0.3, -0.25) is 0 Å². The predicted molar refractivity (Wildman–Crippen MR) is 41.7 cm³/mol. The summed E-state index contributed by atoms with van der Waals surface area (Å²) in [6, 6.07) is 5.12. The van der Waals surface area contributed by atoms with E-state index in [9.17, 15) is 0 Å². The monoisotopic (exact) mass is 166 g/mol. The molecular weight excluding hydrogens is 159 g/mol. The van der Waals surface area contributed by atoms with Gasteiger partial charge < -0.3 is 14.9 Å². The lowest BCUT2D eigenvalue weighted by Crippen LogP contribution is -2.30. The van der Waals surface area contributed by atoms with Gasteiger partial charge >= 0.3 is 7.12 Å². The number of benzene rings is 1. The van der Waals surface area contributed by atoms with E-state index in [1.54, 1.807) is 12.1 Å². The number of para-hydroxylation sites is 1. The van der Waals surface area contributed by atoms with Crippen LogP contribution in [0.3, 0.4) is 0 Å². The topological polar surface area (TPSA) is 58.9 Å². The Bertz CT molecular complexity index is 299. The molecular formula is C7H7BO4. The molecule has 1 aromatic carbocycles. The van der Waals surface area contributed by atoms with Crippen LogP contribution in [0.1, 0.15) is 5.56 Å². The third-order valence-electron chi connectivity index (χ3n) is 1.76. The summed E-state index contributed by atoms with van der Waals surface area (Å²) in [5, 5.41) is 17.8. The molecule has 5 heteroatoms. The average molecular weight is 166 g/mol. The first-order chi connectivity index (χ1) is 5.79. The second-order valence-electron chi connectivity index (χ2n) is 2.55. The Morgan fingerprint density at radius 1 is 1.33 bits per heavy atom. The standard InChI is InChI=1S/C7H7BO4/c9-8(10)6-3-1-2-5-4-11-12-7(5)6/h1-3,9-10H,4H2. The Balaban J connectivity index is 2.49. The van der Waals surface area contributed by atoms with Gasteiger partial charge in [-0.05, 0) is 0 Å². The van der Waals surface area contributed by atoms with Crippen molar-refractivity contribution in [2.24, 2.45) is 0 Å². The molecule has 0 spiro atoms. The van der Waals surface area contributed by atoms with E-state index in [0.29, 0.717) is 17.8 Å². The van der Waals surface area contributed by atoms with Crippen LogP contribution in [0.5, 0.6) is 5.75 Å². The summed E-state index contributed by atoms with van der Waals surface area (Å²) in [7, 11) is -1.51. The molecule has 0 saturated heterocycles. The van der Waals surface area contributed by atoms with Gasteiger partial charge in [-0.1, -0.05) is 18.2 Å². The van der Waals surface area contributed by atoms with Crippen LogP contribution in [0, 0.1) is 0 Å². The second-order valence-corrected chi connectivity index (χ2v) is 2.55. The smallest absolute Gasteiger partial charge is 0.423 e. The van der Waals surface area contributed by atoms with Gasteiger partial charge in [-0.15, -0.1) is 0 Å². The molecule has 0 aliphatic carbocycles. The highest BCUT2D eigenvalue weighted by Gasteiger charge is 2.24. The Labute approximate surface area is 69.4 Å². The molecule has 12 heavy (non-hydrogen) atoms. The van der Waals surface area contributed by atoms with E-state index in [4.69, 9.17) is 14.9 Å². The molecule has 1 aromatic rings. The van der Waals surface area contributed by atoms with E-state index in [2.05, 4.69) is 4.89 Å². The maximum atomic E-state index is 8.91. The molecule has 1 aliphatic heterocycles. The lowest BCUT2D eigenvalue weighted by Gasteiger charge is -2.02. The van der Waals surface area contributed by atoms with Crippen molar-refractivity contribution in [3.8, 4) is 5.75 Å². The van der Waals surface area contributed by atoms with Crippen LogP contribution in [0.2, 0.25) is 0 Å². The van der Waals surface area contributed by atoms with Gasteiger partial charge in [-0.25, -0.2) is 0 Å². The van der Waals surface area contributed by atoms with Crippen LogP contribution in [-0.2, 0) is 11.5 Å². The molecule has 1 aliphatic rings. The van der Waals surface area contributed by atoms with Gasteiger partial charge in [0.1, 0.15) is 6.61 Å². The van der Waals surface area contributed by atoms with E-state index in [-0.39, 0.29) is 0 Å². The number of hydrogen-bond acceptors (Lipinski definition) is 4. The Morgan fingerprint density at radius 3 is 2.92 bits per heavy atom. The van der Waals surface area contributed by atoms with Crippen LogP contribution in [0.15, 0.2) is 18.2 Å². The lowest BCUT2D eigenvalue weighted by atomic mass is 9.79. The van der Waals surface area contributed by atoms with Gasteiger partial charge in [0.15, 0.2) is 5.75 Å². The maximum absolute atomic E-state index is 8.91. The van der Waals surface area contributed by atoms with Crippen molar-refractivity contribution in [3.05, 3.63) is 23.8 Å². The van der Waals surface area contributed by atoms with Gasteiger partial charge in [-0.2, -0.15) is 4.89 Å². The summed E-state index contributed by atoms with van der Waals surface area (Å²) >= 11 is 0. The lowest BCUT2D eigenvalue weighted by molar-refractivity contribution is -0.194. The minimum absolute atomic E-state index is 0.338. The first-order valence-electron chi connectivity index (χ1n) is 3.56. The molecule has 0 bridgehead atoms. The highest BCUT2D eigenvalue weighted by molar-refractivity contribution is 6.59. The van der Waals surface area contributed by atoms with E-state index in [1.165, 1.54) is 0 Å². The quantitative estimate of drug-likeness (QED) is 0.423. The molecule has 2 rings (SSSR count). The molecule has 62 valence electrons. The van der Waals surface area contributed by atoms with E-state index < -0.39 is 7.12 Å². The molecule has 2 N–H and O–H groups in total. The Kier molecular flexibility index (Phi) is 1.76. The van der Waals surface area contributed by atoms with Crippen molar-refractivity contribution in [3.63, 3.8) is 0 Å². The van der Waals surface area contributed by atoms with Crippen molar-refractivity contribution >= 4 is 12.6 Å². The first kappa shape index (κ1) is 7.61. The van der Waals surface area contributed by atoms with Gasteiger partial charge in [0.25, 0.3) is 0 Å². The highest BCUT2D eigenvalue weighted by Crippen LogP contribution is 2.23. The van der Waals surface area contributed by atoms with Crippen molar-refractivity contribution in [2.45, 2.75) is 6.61 Å². The minimum Gasteiger partial charge on any atom is -0.423 e. The fourth-order valence-electron chi connectivity index (χ4n) is 1.18. The SMILES string of the molecule is OB(O)c1cccc2c1OOC2. The van der Waals surface area contributed by atoms with Crippen LogP contribution >= 0.6 is 0 Å². The summed E-state index contributed by atoms with van der Waals surface area (Å²) in [4.78, 5) is 9.45. The third kappa shape index (κ3) is 1.08. The fraction of sp³-hybridized carbons (Fsp3) is 0.143. The zero-order valence-corrected chi connectivity index (χ0v) is 6.23. The van der Waals surface area contributed by atoms with E-state index in [1.807, 2.05) is 6.07 Å². The number of hydrogen-bond donors (Lipinski definition) is 2. The summed E-state index contributed by atoms with van der Waals surface area (Å²) in [6.45, 7) is 0.357. The molecule has 4 nitrogen and oxygen atoms in total. The normalized spacial score (nSPS) is 13.8. The van der Waals surface area contributed by atoms with Crippen molar-refractivity contribution < 1.29 is 19.8 Å². The second kappa shape index (κ2) is 2.78. The van der Waals surface area contributed by atoms with E-state index >= 15 is 0 Å². The van der Waals surface area contributed by atoms with Gasteiger partial charge in [0, 0.05) is 11.0 Å². The van der Waals surface area contributed by atoms with Crippen LogP contribution in [-0.4, -0.2) is 17.2 Å². The molecule has 1 heterocycles. The Morgan fingerprint density at radius 2 is 2.17 bits per heavy atom. The molecule has 0 radical (unpaired) electrons. The highest BCUT2D eigenvalue weighted by atomic mass is 17.2. The van der Waals surface area contributed by atoms with Gasteiger partial charge in [0.05, 0.1) is 0 Å². The van der Waals surface area contributed by atoms with Crippen molar-refractivity contribution in [1.82, 2.24) is 0 Å². The molecule has 0 saturated carbocycles. The molecule has 0 amide bonds. The summed E-state index contributed by atoms with van der Waals surface area (Å²) in [5.74, 6) is 0.424. The maximum Gasteiger partial charge on any atom is 0.492 e. The molecule has 0 aromatic heterocycles. The summed E-state index contributed by atoms with van der Waals surface area (Å²) < 4.78 is 0. The van der Waals surface area contributed by atoms with Gasteiger partial charge in [0.2, 0.25) is 0 Å². The zero-order valence-electron chi connectivity index (χ0n) is 6.23. The molecule has 0 unspecified atom stereocenters. The van der Waals surface area contributed by atoms with Crippen LogP contribution in [0.25, 0.3) is 0 Å². The average Bonchev–Trinajstić information content (AvgIpc) is 2.49. The minimum atomic E-state index is -1.51. The summed E-state index contributed by atoms with van der Waals surface area (Å²) in [6.07, 6.45) is 0. The largest absolute Gasteiger partial charge is 0.492 e. The van der Waals surface area contributed by atoms with Crippen LogP contribution < -0.4 is 10.4 Å². The van der Waals surface area contributed by atoms with Crippen molar-refractivity contribution in [2.75, 3.05) is 0 Å². The molecule has 0 fully saturated rings. The van der Waals surface area contributed by atoms with E-state index in [0.717, 1.165) is 5.56 Å². The Hall–Kier alpha value is -1.04. The third-order valence-corrected chi connectivity index (χ3v) is 1.76. The summed E-state index contributed by atoms with van der Waals surface area (Å²) in [5.41, 5.74) is 1.17. The zero-order chi connectivity index (χ0) is 8.55. The van der Waals surface area contributed by atoms with Crippen LogP contribution in [0.4, 0.5) is 0 Å². The fourth-order valence-corrected chi connectivity index (χ4v) is 1.18. The first-order valence-corrected chi connectivity index (χ1v) is 3.56. The number of rotatable bonds is 1. The molecule has 0 atom stereocenters.